The molecule has 0 radical (unpaired) electrons. The van der Waals surface area contributed by atoms with E-state index in [0.717, 1.165) is 0 Å². The average molecular weight is 291 g/mol. The molecular weight excluding hydrogens is 270 g/mol. The van der Waals surface area contributed by atoms with E-state index in [2.05, 4.69) is 10.1 Å². The Morgan fingerprint density at radius 2 is 1.67 bits per heavy atom. The number of carbonyl (C=O) groups is 3. The van der Waals surface area contributed by atoms with Gasteiger partial charge < -0.3 is 10.1 Å². The zero-order chi connectivity index (χ0) is 16.0. The summed E-state index contributed by atoms with van der Waals surface area (Å²) in [7, 11) is 1.32. The number of ether oxygens (including phenoxy) is 1. The fourth-order valence-electron chi connectivity index (χ4n) is 1.85. The van der Waals surface area contributed by atoms with Crippen molar-refractivity contribution in [2.24, 2.45) is 0 Å². The highest BCUT2D eigenvalue weighted by Crippen LogP contribution is 2.16. The molecule has 1 aromatic carbocycles. The van der Waals surface area contributed by atoms with Crippen LogP contribution in [0.15, 0.2) is 24.3 Å². The smallest absolute Gasteiger partial charge is 0.307 e. The molecule has 0 aliphatic carbocycles. The molecule has 1 amide bonds. The molecule has 114 valence electrons. The molecule has 0 saturated carbocycles. The first-order valence-electron chi connectivity index (χ1n) is 6.81. The Labute approximate surface area is 124 Å². The van der Waals surface area contributed by atoms with Crippen LogP contribution in [0.2, 0.25) is 0 Å². The molecule has 5 heteroatoms. The van der Waals surface area contributed by atoms with E-state index >= 15 is 0 Å². The molecule has 0 saturated heterocycles. The fourth-order valence-corrected chi connectivity index (χ4v) is 1.85. The summed E-state index contributed by atoms with van der Waals surface area (Å²) in [5.41, 5.74) is 0.340. The highest BCUT2D eigenvalue weighted by molar-refractivity contribution is 5.98. The lowest BCUT2D eigenvalue weighted by molar-refractivity contribution is -0.142. The summed E-state index contributed by atoms with van der Waals surface area (Å²) in [6.45, 7) is 5.16. The lowest BCUT2D eigenvalue weighted by Crippen LogP contribution is -2.47. The van der Waals surface area contributed by atoms with Crippen LogP contribution < -0.4 is 5.32 Å². The molecule has 5 nitrogen and oxygen atoms in total. The normalized spacial score (nSPS) is 13.1. The van der Waals surface area contributed by atoms with Crippen molar-refractivity contribution < 1.29 is 19.1 Å². The molecule has 1 rings (SSSR count). The number of hydrogen-bond acceptors (Lipinski definition) is 4. The topological polar surface area (TPSA) is 72.5 Å². The Morgan fingerprint density at radius 1 is 1.14 bits per heavy atom. The molecule has 1 atom stereocenters. The quantitative estimate of drug-likeness (QED) is 0.645. The molecule has 0 aromatic heterocycles. The standard InChI is InChI=1S/C16H21NO4/c1-5-16(3,10-14(19)21-4)17-15(20)13-8-6-12(7-9-13)11(2)18/h6-9H,5,10H2,1-4H3,(H,17,20)/t16-/m1/s1. The van der Waals surface area contributed by atoms with Crippen molar-refractivity contribution in [2.75, 3.05) is 7.11 Å². The monoisotopic (exact) mass is 291 g/mol. The first-order valence-corrected chi connectivity index (χ1v) is 6.81. The van der Waals surface area contributed by atoms with Crippen molar-refractivity contribution >= 4 is 17.7 Å². The predicted octanol–water partition coefficient (Wildman–Crippen LogP) is 2.35. The second kappa shape index (κ2) is 7.02. The van der Waals surface area contributed by atoms with Crippen LogP contribution in [0.3, 0.4) is 0 Å². The van der Waals surface area contributed by atoms with Crippen LogP contribution in [-0.2, 0) is 9.53 Å². The second-order valence-electron chi connectivity index (χ2n) is 5.25. The van der Waals surface area contributed by atoms with E-state index in [1.54, 1.807) is 31.2 Å². The van der Waals surface area contributed by atoms with Gasteiger partial charge in [-0.2, -0.15) is 0 Å². The van der Waals surface area contributed by atoms with Gasteiger partial charge in [0.1, 0.15) is 0 Å². The van der Waals surface area contributed by atoms with Crippen molar-refractivity contribution in [2.45, 2.75) is 39.2 Å². The van der Waals surface area contributed by atoms with Gasteiger partial charge in [0, 0.05) is 16.7 Å². The molecular formula is C16H21NO4. The highest BCUT2D eigenvalue weighted by atomic mass is 16.5. The minimum Gasteiger partial charge on any atom is -0.469 e. The molecule has 1 aromatic rings. The van der Waals surface area contributed by atoms with Gasteiger partial charge in [0.2, 0.25) is 0 Å². The number of Topliss-reactive ketones (excluding diaryl/α,β-unsaturated/α-hetero) is 1. The van der Waals surface area contributed by atoms with Crippen molar-refractivity contribution in [3.63, 3.8) is 0 Å². The van der Waals surface area contributed by atoms with Crippen LogP contribution in [-0.4, -0.2) is 30.3 Å². The second-order valence-corrected chi connectivity index (χ2v) is 5.25. The fraction of sp³-hybridized carbons (Fsp3) is 0.438. The van der Waals surface area contributed by atoms with E-state index in [-0.39, 0.29) is 24.1 Å². The van der Waals surface area contributed by atoms with Crippen LogP contribution in [0, 0.1) is 0 Å². The van der Waals surface area contributed by atoms with Crippen LogP contribution in [0.4, 0.5) is 0 Å². The van der Waals surface area contributed by atoms with Gasteiger partial charge >= 0.3 is 5.97 Å². The van der Waals surface area contributed by atoms with E-state index in [1.807, 2.05) is 6.92 Å². The van der Waals surface area contributed by atoms with Gasteiger partial charge in [0.15, 0.2) is 5.78 Å². The van der Waals surface area contributed by atoms with Crippen LogP contribution >= 0.6 is 0 Å². The number of rotatable bonds is 6. The molecule has 0 bridgehead atoms. The third-order valence-electron chi connectivity index (χ3n) is 3.51. The summed E-state index contributed by atoms with van der Waals surface area (Å²) in [5, 5.41) is 2.85. The van der Waals surface area contributed by atoms with Gasteiger partial charge in [-0.25, -0.2) is 0 Å². The molecule has 0 unspecified atom stereocenters. The van der Waals surface area contributed by atoms with Gasteiger partial charge in [-0.05, 0) is 32.4 Å². The Balaban J connectivity index is 2.82. The highest BCUT2D eigenvalue weighted by Gasteiger charge is 2.28. The number of ketones is 1. The van der Waals surface area contributed by atoms with Gasteiger partial charge in [0.25, 0.3) is 5.91 Å². The number of benzene rings is 1. The van der Waals surface area contributed by atoms with Crippen molar-refractivity contribution in [1.29, 1.82) is 0 Å². The lowest BCUT2D eigenvalue weighted by Gasteiger charge is -2.28. The molecule has 0 aliphatic rings. The van der Waals surface area contributed by atoms with Crippen LogP contribution in [0.5, 0.6) is 0 Å². The number of nitrogens with one attached hydrogen (secondary N) is 1. The summed E-state index contributed by atoms with van der Waals surface area (Å²) in [6.07, 6.45) is 0.705. The summed E-state index contributed by atoms with van der Waals surface area (Å²) >= 11 is 0. The van der Waals surface area contributed by atoms with E-state index in [1.165, 1.54) is 14.0 Å². The maximum atomic E-state index is 12.2. The predicted molar refractivity (Wildman–Crippen MR) is 79.2 cm³/mol. The first kappa shape index (κ1) is 16.9. The summed E-state index contributed by atoms with van der Waals surface area (Å²) in [6, 6.07) is 6.42. The minimum absolute atomic E-state index is 0.0500. The Hall–Kier alpha value is -2.17. The van der Waals surface area contributed by atoms with Crippen LogP contribution in [0.25, 0.3) is 0 Å². The number of carbonyl (C=O) groups excluding carboxylic acids is 3. The first-order chi connectivity index (χ1) is 9.81. The Bertz CT molecular complexity index is 536. The maximum Gasteiger partial charge on any atom is 0.307 e. The van der Waals surface area contributed by atoms with Crippen molar-refractivity contribution in [3.05, 3.63) is 35.4 Å². The van der Waals surface area contributed by atoms with E-state index in [9.17, 15) is 14.4 Å². The third kappa shape index (κ3) is 4.70. The number of methoxy groups -OCH3 is 1. The average Bonchev–Trinajstić information content (AvgIpc) is 2.47. The number of hydrogen-bond donors (Lipinski definition) is 1. The molecule has 0 spiro atoms. The van der Waals surface area contributed by atoms with Crippen molar-refractivity contribution in [1.82, 2.24) is 5.32 Å². The molecule has 0 aliphatic heterocycles. The minimum atomic E-state index is -0.663. The Morgan fingerprint density at radius 3 is 2.10 bits per heavy atom. The van der Waals surface area contributed by atoms with E-state index in [4.69, 9.17) is 0 Å². The summed E-state index contributed by atoms with van der Waals surface area (Å²) < 4.78 is 4.65. The lowest BCUT2D eigenvalue weighted by atomic mass is 9.94. The molecule has 1 N–H and O–H groups in total. The zero-order valence-corrected chi connectivity index (χ0v) is 12.9. The van der Waals surface area contributed by atoms with Gasteiger partial charge in [-0.1, -0.05) is 19.1 Å². The SMILES string of the molecule is CC[C@](C)(CC(=O)OC)NC(=O)c1ccc(C(C)=O)cc1. The molecule has 0 fully saturated rings. The maximum absolute atomic E-state index is 12.2. The van der Waals surface area contributed by atoms with E-state index < -0.39 is 5.54 Å². The molecule has 0 heterocycles. The van der Waals surface area contributed by atoms with Crippen LogP contribution in [0.1, 0.15) is 54.3 Å². The third-order valence-corrected chi connectivity index (χ3v) is 3.51. The summed E-state index contributed by atoms with van der Waals surface area (Å²) in [5.74, 6) is -0.698. The van der Waals surface area contributed by atoms with Gasteiger partial charge in [0.05, 0.1) is 13.5 Å². The van der Waals surface area contributed by atoms with E-state index in [0.29, 0.717) is 17.5 Å². The largest absolute Gasteiger partial charge is 0.469 e. The van der Waals surface area contributed by atoms with Gasteiger partial charge in [-0.3, -0.25) is 14.4 Å². The van der Waals surface area contributed by atoms with Gasteiger partial charge in [-0.15, -0.1) is 0 Å². The Kier molecular flexibility index (Phi) is 5.64. The number of esters is 1. The number of amides is 1. The zero-order valence-electron chi connectivity index (χ0n) is 12.9. The summed E-state index contributed by atoms with van der Waals surface area (Å²) in [4.78, 5) is 34.8. The molecule has 21 heavy (non-hydrogen) atoms. The van der Waals surface area contributed by atoms with Crippen molar-refractivity contribution in [3.8, 4) is 0 Å².